The summed E-state index contributed by atoms with van der Waals surface area (Å²) in [6, 6.07) is 1.37. The average molecular weight is 535 g/mol. The number of aryl methyl sites for hydroxylation is 1. The van der Waals surface area contributed by atoms with Crippen LogP contribution in [0, 0.1) is 18.2 Å². The summed E-state index contributed by atoms with van der Waals surface area (Å²) >= 11 is 0. The molecule has 5 heterocycles. The fraction of sp³-hybridized carbons (Fsp3) is 0.458. The van der Waals surface area contributed by atoms with Crippen molar-refractivity contribution in [2.24, 2.45) is 5.41 Å². The molecule has 2 fully saturated rings. The van der Waals surface area contributed by atoms with Crippen LogP contribution in [0.3, 0.4) is 0 Å². The average Bonchev–Trinajstić information content (AvgIpc) is 3.40. The molecule has 0 saturated carbocycles. The van der Waals surface area contributed by atoms with Gasteiger partial charge in [0, 0.05) is 12.2 Å². The van der Waals surface area contributed by atoms with Crippen molar-refractivity contribution in [3.8, 4) is 5.82 Å². The fourth-order valence-corrected chi connectivity index (χ4v) is 6.11. The summed E-state index contributed by atoms with van der Waals surface area (Å²) in [6.45, 7) is 4.96. The molecule has 3 aliphatic rings. The Bertz CT molecular complexity index is 1520. The van der Waals surface area contributed by atoms with Gasteiger partial charge in [0.1, 0.15) is 5.41 Å². The Balaban J connectivity index is 1.58. The summed E-state index contributed by atoms with van der Waals surface area (Å²) in [7, 11) is 0. The zero-order chi connectivity index (χ0) is 27.3. The van der Waals surface area contributed by atoms with E-state index < -0.39 is 59.3 Å². The van der Waals surface area contributed by atoms with E-state index in [4.69, 9.17) is 9.26 Å². The minimum absolute atomic E-state index is 0.0175. The second kappa shape index (κ2) is 7.85. The van der Waals surface area contributed by atoms with Gasteiger partial charge in [-0.3, -0.25) is 19.7 Å². The number of imide groups is 1. The van der Waals surface area contributed by atoms with E-state index in [9.17, 15) is 27.6 Å². The normalized spacial score (nSPS) is 27.6. The summed E-state index contributed by atoms with van der Waals surface area (Å²) in [6.07, 6.45) is -6.56. The van der Waals surface area contributed by atoms with E-state index in [0.717, 1.165) is 10.7 Å². The minimum Gasteiger partial charge on any atom is -0.372 e. The standard InChI is InChI=1S/C24H21F4N5O5/c1-9-4-14(24(26,27)28)30-33(9)21-13-5-12-7-23(15(34)6-16(35)29-22(23)36)20-11(3)37-10(2)8-32(20)18(12)17(25)19(13)38-31-21/h4-5,10-11,20H,6-8H2,1-3H3,(H,29,35,36)/t10-,11+,20-,23?/m1/s1. The summed E-state index contributed by atoms with van der Waals surface area (Å²) < 4.78 is 68.0. The number of fused-ring (bicyclic) bond motifs is 5. The zero-order valence-electron chi connectivity index (χ0n) is 20.4. The van der Waals surface area contributed by atoms with E-state index in [1.807, 2.05) is 0 Å². The first-order valence-electron chi connectivity index (χ1n) is 11.9. The fourth-order valence-electron chi connectivity index (χ4n) is 6.11. The number of nitrogens with zero attached hydrogens (tertiary/aromatic N) is 4. The molecule has 0 aliphatic carbocycles. The van der Waals surface area contributed by atoms with Gasteiger partial charge in [-0.05, 0) is 44.9 Å². The van der Waals surface area contributed by atoms with Crippen LogP contribution < -0.4 is 10.2 Å². The number of carbonyl (C=O) groups is 3. The Labute approximate surface area is 211 Å². The number of ether oxygens (including phenoxy) is 1. The largest absolute Gasteiger partial charge is 0.435 e. The number of amides is 2. The Morgan fingerprint density at radius 1 is 1.18 bits per heavy atom. The molecule has 38 heavy (non-hydrogen) atoms. The number of piperidine rings is 1. The summed E-state index contributed by atoms with van der Waals surface area (Å²) in [4.78, 5) is 40.3. The molecule has 1 unspecified atom stereocenters. The second-order valence-electron chi connectivity index (χ2n) is 10.0. The maximum Gasteiger partial charge on any atom is 0.435 e. The molecule has 1 N–H and O–H groups in total. The number of benzene rings is 1. The number of halogens is 4. The van der Waals surface area contributed by atoms with Gasteiger partial charge in [-0.25, -0.2) is 9.07 Å². The molecule has 2 saturated heterocycles. The molecule has 0 radical (unpaired) electrons. The summed E-state index contributed by atoms with van der Waals surface area (Å²) in [5.74, 6) is -3.14. The predicted molar refractivity (Wildman–Crippen MR) is 121 cm³/mol. The first kappa shape index (κ1) is 24.5. The lowest BCUT2D eigenvalue weighted by Gasteiger charge is -2.55. The maximum absolute atomic E-state index is 16.1. The van der Waals surface area contributed by atoms with Crippen molar-refractivity contribution in [2.75, 3.05) is 11.4 Å². The number of rotatable bonds is 1. The van der Waals surface area contributed by atoms with Gasteiger partial charge in [0.2, 0.25) is 23.2 Å². The molecule has 200 valence electrons. The lowest BCUT2D eigenvalue weighted by molar-refractivity contribution is -0.158. The number of hydrogen-bond donors (Lipinski definition) is 1. The lowest BCUT2D eigenvalue weighted by Crippen LogP contribution is -2.72. The highest BCUT2D eigenvalue weighted by molar-refractivity contribution is 6.22. The van der Waals surface area contributed by atoms with Crippen LogP contribution in [0.4, 0.5) is 23.2 Å². The van der Waals surface area contributed by atoms with Crippen molar-refractivity contribution in [1.29, 1.82) is 0 Å². The van der Waals surface area contributed by atoms with Crippen LogP contribution in [0.2, 0.25) is 0 Å². The lowest BCUT2D eigenvalue weighted by atomic mass is 9.63. The number of nitrogens with one attached hydrogen (secondary N) is 1. The van der Waals surface area contributed by atoms with E-state index in [2.05, 4.69) is 15.6 Å². The van der Waals surface area contributed by atoms with Crippen LogP contribution in [0.25, 0.3) is 16.8 Å². The van der Waals surface area contributed by atoms with E-state index in [1.165, 1.54) is 13.0 Å². The third-order valence-electron chi connectivity index (χ3n) is 7.54. The third-order valence-corrected chi connectivity index (χ3v) is 7.54. The van der Waals surface area contributed by atoms with Crippen molar-refractivity contribution in [2.45, 2.75) is 58.0 Å². The van der Waals surface area contributed by atoms with E-state index in [0.29, 0.717) is 0 Å². The highest BCUT2D eigenvalue weighted by atomic mass is 19.4. The first-order valence-corrected chi connectivity index (χ1v) is 11.9. The van der Waals surface area contributed by atoms with Gasteiger partial charge < -0.3 is 14.2 Å². The number of hydrogen-bond acceptors (Lipinski definition) is 8. The maximum atomic E-state index is 16.1. The second-order valence-corrected chi connectivity index (χ2v) is 10.0. The first-order chi connectivity index (χ1) is 17.8. The Morgan fingerprint density at radius 3 is 2.58 bits per heavy atom. The van der Waals surface area contributed by atoms with Crippen LogP contribution in [-0.4, -0.2) is 57.3 Å². The molecule has 1 aromatic carbocycles. The smallest absolute Gasteiger partial charge is 0.372 e. The van der Waals surface area contributed by atoms with Gasteiger partial charge in [-0.2, -0.15) is 18.3 Å². The predicted octanol–water partition coefficient (Wildman–Crippen LogP) is 2.62. The molecule has 3 aromatic rings. The van der Waals surface area contributed by atoms with Gasteiger partial charge in [-0.1, -0.05) is 5.16 Å². The number of carbonyl (C=O) groups excluding carboxylic acids is 3. The van der Waals surface area contributed by atoms with Crippen LogP contribution in [-0.2, 0) is 31.7 Å². The van der Waals surface area contributed by atoms with Gasteiger partial charge >= 0.3 is 6.18 Å². The molecule has 0 bridgehead atoms. The molecule has 6 rings (SSSR count). The number of anilines is 1. The van der Waals surface area contributed by atoms with Gasteiger partial charge in [0.05, 0.1) is 35.7 Å². The Hall–Kier alpha value is -3.81. The van der Waals surface area contributed by atoms with E-state index >= 15 is 4.39 Å². The highest BCUT2D eigenvalue weighted by Crippen LogP contribution is 2.50. The van der Waals surface area contributed by atoms with E-state index in [1.54, 1.807) is 18.7 Å². The van der Waals surface area contributed by atoms with Crippen molar-refractivity contribution >= 4 is 34.3 Å². The SMILES string of the molecule is Cc1cc(C(F)(F)F)nn1-c1noc2c(F)c3c(cc12)CC1(C(=O)CC(=O)NC1=O)[C@H]1[C@H](C)O[C@H](C)CN31. The quantitative estimate of drug-likeness (QED) is 0.287. The zero-order valence-corrected chi connectivity index (χ0v) is 20.4. The van der Waals surface area contributed by atoms with Crippen LogP contribution in [0.1, 0.15) is 37.2 Å². The molecule has 2 aromatic heterocycles. The molecule has 10 nitrogen and oxygen atoms in total. The number of morpholine rings is 1. The van der Waals surface area contributed by atoms with Crippen molar-refractivity contribution in [3.05, 3.63) is 34.9 Å². The van der Waals surface area contributed by atoms with Gasteiger partial charge in [-0.15, -0.1) is 0 Å². The number of aromatic nitrogens is 3. The number of Topliss-reactive ketones (excluding diaryl/α,β-unsaturated/α-hetero) is 1. The minimum atomic E-state index is -4.71. The number of ketones is 1. The molecule has 2 amide bonds. The topological polar surface area (TPSA) is 120 Å². The van der Waals surface area contributed by atoms with Crippen LogP contribution in [0.5, 0.6) is 0 Å². The molecular formula is C24H21F4N5O5. The molecule has 14 heteroatoms. The Kier molecular flexibility index (Phi) is 5.07. The number of alkyl halides is 3. The van der Waals surface area contributed by atoms with Gasteiger partial charge in [0.15, 0.2) is 17.3 Å². The van der Waals surface area contributed by atoms with Crippen LogP contribution in [0.15, 0.2) is 16.7 Å². The highest BCUT2D eigenvalue weighted by Gasteiger charge is 2.62. The Morgan fingerprint density at radius 2 is 1.92 bits per heavy atom. The van der Waals surface area contributed by atoms with E-state index in [-0.39, 0.29) is 52.8 Å². The molecular weight excluding hydrogens is 514 g/mol. The van der Waals surface area contributed by atoms with Gasteiger partial charge in [0.25, 0.3) is 0 Å². The third kappa shape index (κ3) is 3.25. The summed E-state index contributed by atoms with van der Waals surface area (Å²) in [5.41, 5.74) is -2.80. The molecule has 3 aliphatic heterocycles. The monoisotopic (exact) mass is 535 g/mol. The van der Waals surface area contributed by atoms with Crippen molar-refractivity contribution in [3.63, 3.8) is 0 Å². The van der Waals surface area contributed by atoms with Crippen molar-refractivity contribution < 1.29 is 41.2 Å². The summed E-state index contributed by atoms with van der Waals surface area (Å²) in [5, 5.41) is 9.66. The molecule has 1 spiro atoms. The molecule has 4 atom stereocenters. The van der Waals surface area contributed by atoms with Crippen LogP contribution >= 0.6 is 0 Å². The van der Waals surface area contributed by atoms with Crippen molar-refractivity contribution in [1.82, 2.24) is 20.3 Å².